The van der Waals surface area contributed by atoms with E-state index in [0.717, 1.165) is 12.1 Å². The van der Waals surface area contributed by atoms with Gasteiger partial charge in [-0.05, 0) is 18.1 Å². The van der Waals surface area contributed by atoms with Crippen LogP contribution in [0.1, 0.15) is 24.2 Å². The van der Waals surface area contributed by atoms with Gasteiger partial charge in [0.2, 0.25) is 0 Å². The van der Waals surface area contributed by atoms with Crippen molar-refractivity contribution in [3.63, 3.8) is 0 Å². The lowest BCUT2D eigenvalue weighted by Crippen LogP contribution is -2.44. The third-order valence-electron chi connectivity index (χ3n) is 2.63. The number of carboxylic acids is 1. The molecule has 108 valence electrons. The molecule has 7 nitrogen and oxygen atoms in total. The topological polar surface area (TPSA) is 110 Å². The quantitative estimate of drug-likeness (QED) is 0.639. The lowest BCUT2D eigenvalue weighted by Gasteiger charge is -2.17. The van der Waals surface area contributed by atoms with Crippen LogP contribution in [0, 0.1) is 16.0 Å². The molecule has 0 aliphatic rings. The van der Waals surface area contributed by atoms with Crippen LogP contribution >= 0.6 is 11.6 Å². The maximum atomic E-state index is 11.9. The minimum atomic E-state index is -1.15. The summed E-state index contributed by atoms with van der Waals surface area (Å²) in [5.41, 5.74) is -0.255. The van der Waals surface area contributed by atoms with E-state index in [4.69, 9.17) is 16.7 Å². The summed E-state index contributed by atoms with van der Waals surface area (Å²) in [5, 5.41) is 21.7. The Kier molecular flexibility index (Phi) is 5.04. The van der Waals surface area contributed by atoms with Gasteiger partial charge < -0.3 is 10.4 Å². The van der Waals surface area contributed by atoms with Crippen LogP contribution in [0.3, 0.4) is 0 Å². The van der Waals surface area contributed by atoms with Gasteiger partial charge in [0.05, 0.1) is 4.92 Å². The molecular formula is C12H13ClN2O5. The van der Waals surface area contributed by atoms with E-state index in [1.165, 1.54) is 6.07 Å². The first kappa shape index (κ1) is 15.9. The number of halogens is 1. The Balaban J connectivity index is 2.96. The number of nitro groups is 1. The number of nitrogens with zero attached hydrogens (tertiary/aromatic N) is 1. The Bertz CT molecular complexity index is 559. The van der Waals surface area contributed by atoms with Gasteiger partial charge in [-0.15, -0.1) is 0 Å². The molecule has 20 heavy (non-hydrogen) atoms. The normalized spacial score (nSPS) is 12.0. The van der Waals surface area contributed by atoms with Crippen LogP contribution < -0.4 is 5.32 Å². The third kappa shape index (κ3) is 3.67. The maximum Gasteiger partial charge on any atom is 0.326 e. The molecule has 0 bridgehead atoms. The standard InChI is InChI=1S/C12H13ClN2O5/c1-6(2)10(12(17)18)14-11(16)7-3-4-9(15(19)20)8(13)5-7/h3-6,10H,1-2H3,(H,14,16)(H,17,18)/t10-/m1/s1. The summed E-state index contributed by atoms with van der Waals surface area (Å²) in [6, 6.07) is 2.41. The Hall–Kier alpha value is -2.15. The number of hydrogen-bond acceptors (Lipinski definition) is 4. The molecule has 1 aromatic carbocycles. The Labute approximate surface area is 119 Å². The van der Waals surface area contributed by atoms with Gasteiger partial charge in [-0.1, -0.05) is 25.4 Å². The van der Waals surface area contributed by atoms with Crippen LogP contribution in [0.15, 0.2) is 18.2 Å². The van der Waals surface area contributed by atoms with Gasteiger partial charge in [0.1, 0.15) is 11.1 Å². The first-order valence-electron chi connectivity index (χ1n) is 5.71. The maximum absolute atomic E-state index is 11.9. The molecule has 8 heteroatoms. The van der Waals surface area contributed by atoms with Crippen molar-refractivity contribution in [2.45, 2.75) is 19.9 Å². The number of carbonyl (C=O) groups excluding carboxylic acids is 1. The number of amides is 1. The molecule has 0 spiro atoms. The highest BCUT2D eigenvalue weighted by molar-refractivity contribution is 6.33. The van der Waals surface area contributed by atoms with Crippen molar-refractivity contribution in [2.75, 3.05) is 0 Å². The molecular weight excluding hydrogens is 288 g/mol. The summed E-state index contributed by atoms with van der Waals surface area (Å²) >= 11 is 5.69. The molecule has 0 heterocycles. The van der Waals surface area contributed by atoms with Crippen LogP contribution in [-0.4, -0.2) is 27.9 Å². The van der Waals surface area contributed by atoms with Crippen molar-refractivity contribution in [1.29, 1.82) is 0 Å². The molecule has 1 amide bonds. The van der Waals surface area contributed by atoms with E-state index in [1.807, 2.05) is 0 Å². The molecule has 0 aliphatic carbocycles. The highest BCUT2D eigenvalue weighted by Crippen LogP contribution is 2.25. The molecule has 0 saturated heterocycles. The second-order valence-electron chi connectivity index (χ2n) is 4.46. The summed E-state index contributed by atoms with van der Waals surface area (Å²) in [5.74, 6) is -2.10. The highest BCUT2D eigenvalue weighted by atomic mass is 35.5. The smallest absolute Gasteiger partial charge is 0.326 e. The fourth-order valence-electron chi connectivity index (χ4n) is 1.53. The lowest BCUT2D eigenvalue weighted by atomic mass is 10.0. The first-order valence-corrected chi connectivity index (χ1v) is 6.09. The predicted octanol–water partition coefficient (Wildman–Crippen LogP) is 2.09. The number of carboxylic acid groups (broad SMARTS) is 1. The summed E-state index contributed by atoms with van der Waals surface area (Å²) < 4.78 is 0. The number of nitro benzene ring substituents is 1. The molecule has 0 saturated carbocycles. The average Bonchev–Trinajstić information content (AvgIpc) is 2.34. The molecule has 0 aromatic heterocycles. The number of nitrogens with one attached hydrogen (secondary N) is 1. The fourth-order valence-corrected chi connectivity index (χ4v) is 1.78. The fraction of sp³-hybridized carbons (Fsp3) is 0.333. The molecule has 1 rings (SSSR count). The van der Waals surface area contributed by atoms with Crippen molar-refractivity contribution in [3.05, 3.63) is 38.9 Å². The molecule has 2 N–H and O–H groups in total. The molecule has 0 radical (unpaired) electrons. The van der Waals surface area contributed by atoms with Crippen molar-refractivity contribution in [1.82, 2.24) is 5.32 Å². The van der Waals surface area contributed by atoms with Gasteiger partial charge in [0.25, 0.3) is 11.6 Å². The van der Waals surface area contributed by atoms with E-state index in [9.17, 15) is 19.7 Å². The van der Waals surface area contributed by atoms with E-state index in [0.29, 0.717) is 0 Å². The van der Waals surface area contributed by atoms with E-state index < -0.39 is 22.8 Å². The largest absolute Gasteiger partial charge is 0.480 e. The van der Waals surface area contributed by atoms with Gasteiger partial charge >= 0.3 is 5.97 Å². The Morgan fingerprint density at radius 2 is 2.00 bits per heavy atom. The average molecular weight is 301 g/mol. The molecule has 0 unspecified atom stereocenters. The van der Waals surface area contributed by atoms with Crippen LogP contribution in [-0.2, 0) is 4.79 Å². The molecule has 1 atom stereocenters. The van der Waals surface area contributed by atoms with Crippen LogP contribution in [0.5, 0.6) is 0 Å². The van der Waals surface area contributed by atoms with Crippen LogP contribution in [0.25, 0.3) is 0 Å². The third-order valence-corrected chi connectivity index (χ3v) is 2.93. The molecule has 1 aromatic rings. The summed E-state index contributed by atoms with van der Waals surface area (Å²) in [7, 11) is 0. The van der Waals surface area contributed by atoms with Crippen molar-refractivity contribution in [3.8, 4) is 0 Å². The van der Waals surface area contributed by atoms with Crippen LogP contribution in [0.2, 0.25) is 5.02 Å². The van der Waals surface area contributed by atoms with E-state index >= 15 is 0 Å². The molecule has 0 fully saturated rings. The van der Waals surface area contributed by atoms with Gasteiger partial charge in [0.15, 0.2) is 0 Å². The Morgan fingerprint density at radius 3 is 2.40 bits per heavy atom. The van der Waals surface area contributed by atoms with Crippen molar-refractivity contribution in [2.24, 2.45) is 5.92 Å². The van der Waals surface area contributed by atoms with Gasteiger partial charge in [0, 0.05) is 11.6 Å². The summed E-state index contributed by atoms with van der Waals surface area (Å²) in [6.07, 6.45) is 0. The van der Waals surface area contributed by atoms with E-state index in [1.54, 1.807) is 13.8 Å². The van der Waals surface area contributed by atoms with Gasteiger partial charge in [-0.25, -0.2) is 4.79 Å². The van der Waals surface area contributed by atoms with Gasteiger partial charge in [-0.2, -0.15) is 0 Å². The van der Waals surface area contributed by atoms with E-state index in [2.05, 4.69) is 5.32 Å². The highest BCUT2D eigenvalue weighted by Gasteiger charge is 2.24. The zero-order valence-electron chi connectivity index (χ0n) is 10.8. The number of aliphatic carboxylic acids is 1. The molecule has 0 aliphatic heterocycles. The van der Waals surface area contributed by atoms with E-state index in [-0.39, 0.29) is 22.2 Å². The number of hydrogen-bond donors (Lipinski definition) is 2. The van der Waals surface area contributed by atoms with Crippen LogP contribution in [0.4, 0.5) is 5.69 Å². The zero-order valence-corrected chi connectivity index (χ0v) is 11.5. The van der Waals surface area contributed by atoms with Gasteiger partial charge in [-0.3, -0.25) is 14.9 Å². The summed E-state index contributed by atoms with van der Waals surface area (Å²) in [6.45, 7) is 3.31. The Morgan fingerprint density at radius 1 is 1.40 bits per heavy atom. The monoisotopic (exact) mass is 300 g/mol. The number of carbonyl (C=O) groups is 2. The summed E-state index contributed by atoms with van der Waals surface area (Å²) in [4.78, 5) is 32.8. The minimum Gasteiger partial charge on any atom is -0.480 e. The SMILES string of the molecule is CC(C)[C@@H](NC(=O)c1ccc([N+](=O)[O-])c(Cl)c1)C(=O)O. The number of benzene rings is 1. The second kappa shape index (κ2) is 6.33. The number of rotatable bonds is 5. The predicted molar refractivity (Wildman–Crippen MR) is 71.8 cm³/mol. The van der Waals surface area contributed by atoms with Crippen molar-refractivity contribution < 1.29 is 19.6 Å². The van der Waals surface area contributed by atoms with Crippen molar-refractivity contribution >= 4 is 29.2 Å². The first-order chi connectivity index (χ1) is 9.23. The second-order valence-corrected chi connectivity index (χ2v) is 4.86. The minimum absolute atomic E-state index is 0.0625. The lowest BCUT2D eigenvalue weighted by molar-refractivity contribution is -0.384. The zero-order chi connectivity index (χ0) is 15.4.